The van der Waals surface area contributed by atoms with E-state index in [1.807, 2.05) is 49.5 Å². The van der Waals surface area contributed by atoms with Crippen molar-refractivity contribution in [3.05, 3.63) is 78.4 Å². The van der Waals surface area contributed by atoms with E-state index in [9.17, 15) is 5.26 Å². The number of ether oxygens (including phenoxy) is 1. The van der Waals surface area contributed by atoms with Gasteiger partial charge in [-0.3, -0.25) is 0 Å². The molecule has 0 amide bonds. The first-order valence-electron chi connectivity index (χ1n) is 9.51. The molecule has 0 aliphatic carbocycles. The van der Waals surface area contributed by atoms with Crippen molar-refractivity contribution in [2.45, 2.75) is 6.42 Å². The summed E-state index contributed by atoms with van der Waals surface area (Å²) in [5, 5.41) is 13.9. The Bertz CT molecular complexity index is 1190. The van der Waals surface area contributed by atoms with Crippen LogP contribution in [0.4, 0.5) is 0 Å². The Labute approximate surface area is 174 Å². The van der Waals surface area contributed by atoms with Gasteiger partial charge in [-0.05, 0) is 24.7 Å². The molecule has 0 bridgehead atoms. The number of hydrogen-bond donors (Lipinski definition) is 1. The normalized spacial score (nSPS) is 10.6. The summed E-state index contributed by atoms with van der Waals surface area (Å²) in [6.07, 6.45) is 4.10. The van der Waals surface area contributed by atoms with Crippen LogP contribution in [0.1, 0.15) is 11.4 Å². The van der Waals surface area contributed by atoms with Crippen LogP contribution in [0.3, 0.4) is 0 Å². The summed E-state index contributed by atoms with van der Waals surface area (Å²) in [6.45, 7) is 0.495. The molecule has 0 aliphatic heterocycles. The van der Waals surface area contributed by atoms with Gasteiger partial charge < -0.3 is 10.5 Å². The van der Waals surface area contributed by atoms with Crippen LogP contribution < -0.4 is 10.5 Å². The number of rotatable bonds is 6. The number of hydrogen-bond acceptors (Lipinski definition) is 6. The van der Waals surface area contributed by atoms with Crippen LogP contribution in [-0.4, -0.2) is 26.3 Å². The largest absolute Gasteiger partial charge is 0.439 e. The third kappa shape index (κ3) is 4.04. The molecule has 4 aromatic rings. The fourth-order valence-corrected chi connectivity index (χ4v) is 3.08. The molecule has 2 N–H and O–H groups in total. The second-order valence-electron chi connectivity index (χ2n) is 6.71. The van der Waals surface area contributed by atoms with Crippen molar-refractivity contribution in [1.29, 1.82) is 5.26 Å². The van der Waals surface area contributed by atoms with Gasteiger partial charge in [0.1, 0.15) is 11.6 Å². The lowest BCUT2D eigenvalue weighted by Gasteiger charge is -2.11. The lowest BCUT2D eigenvalue weighted by atomic mass is 10.1. The van der Waals surface area contributed by atoms with Gasteiger partial charge in [-0.2, -0.15) is 10.4 Å². The molecular weight excluding hydrogens is 376 g/mol. The SMILES string of the molecule is Cn1nc(-c2ccccc2)cc1Oc1cc(C#N)ccc1-c1cnc(CCN)nc1. The first-order chi connectivity index (χ1) is 14.7. The summed E-state index contributed by atoms with van der Waals surface area (Å²) in [5.41, 5.74) is 9.46. The Kier molecular flexibility index (Phi) is 5.50. The van der Waals surface area contributed by atoms with Crippen LogP contribution in [0.2, 0.25) is 0 Å². The molecular formula is C23H20N6O. The van der Waals surface area contributed by atoms with E-state index in [1.54, 1.807) is 29.2 Å². The van der Waals surface area contributed by atoms with E-state index < -0.39 is 0 Å². The lowest BCUT2D eigenvalue weighted by molar-refractivity contribution is 0.432. The van der Waals surface area contributed by atoms with E-state index in [0.717, 1.165) is 22.4 Å². The number of nitriles is 1. The van der Waals surface area contributed by atoms with Gasteiger partial charge in [0.25, 0.3) is 0 Å². The van der Waals surface area contributed by atoms with Crippen LogP contribution in [0, 0.1) is 11.3 Å². The minimum Gasteiger partial charge on any atom is -0.439 e. The fourth-order valence-electron chi connectivity index (χ4n) is 3.08. The van der Waals surface area contributed by atoms with E-state index >= 15 is 0 Å². The van der Waals surface area contributed by atoms with Crippen LogP contribution in [-0.2, 0) is 13.5 Å². The van der Waals surface area contributed by atoms with Crippen LogP contribution >= 0.6 is 0 Å². The molecule has 0 aliphatic rings. The minimum atomic E-state index is 0.495. The molecule has 2 aromatic carbocycles. The maximum atomic E-state index is 9.33. The van der Waals surface area contributed by atoms with Crippen molar-refractivity contribution >= 4 is 0 Å². The van der Waals surface area contributed by atoms with Crippen LogP contribution in [0.25, 0.3) is 22.4 Å². The zero-order valence-electron chi connectivity index (χ0n) is 16.5. The van der Waals surface area contributed by atoms with Gasteiger partial charge in [0.05, 0.1) is 17.3 Å². The summed E-state index contributed by atoms with van der Waals surface area (Å²) in [5.74, 6) is 1.79. The molecule has 7 heteroatoms. The summed E-state index contributed by atoms with van der Waals surface area (Å²) in [6, 6.07) is 19.2. The van der Waals surface area contributed by atoms with Crippen molar-refractivity contribution in [1.82, 2.24) is 19.7 Å². The third-order valence-electron chi connectivity index (χ3n) is 4.62. The van der Waals surface area contributed by atoms with Gasteiger partial charge in [0.2, 0.25) is 5.88 Å². The summed E-state index contributed by atoms with van der Waals surface area (Å²) < 4.78 is 7.86. The van der Waals surface area contributed by atoms with Gasteiger partial charge in [0, 0.05) is 48.6 Å². The Morgan fingerprint density at radius 1 is 1.03 bits per heavy atom. The molecule has 2 aromatic heterocycles. The second kappa shape index (κ2) is 8.55. The second-order valence-corrected chi connectivity index (χ2v) is 6.71. The number of aryl methyl sites for hydroxylation is 1. The van der Waals surface area contributed by atoms with Crippen LogP contribution in [0.15, 0.2) is 67.0 Å². The van der Waals surface area contributed by atoms with Gasteiger partial charge in [-0.25, -0.2) is 14.6 Å². The maximum absolute atomic E-state index is 9.33. The summed E-state index contributed by atoms with van der Waals surface area (Å²) >= 11 is 0. The molecule has 148 valence electrons. The number of nitrogens with zero attached hydrogens (tertiary/aromatic N) is 5. The fraction of sp³-hybridized carbons (Fsp3) is 0.130. The Balaban J connectivity index is 1.70. The highest BCUT2D eigenvalue weighted by molar-refractivity contribution is 5.71. The summed E-state index contributed by atoms with van der Waals surface area (Å²) in [4.78, 5) is 8.74. The molecule has 0 saturated heterocycles. The molecule has 0 saturated carbocycles. The van der Waals surface area contributed by atoms with Crippen molar-refractivity contribution in [3.63, 3.8) is 0 Å². The van der Waals surface area contributed by atoms with E-state index in [1.165, 1.54) is 0 Å². The highest BCUT2D eigenvalue weighted by atomic mass is 16.5. The first kappa shape index (κ1) is 19.3. The molecule has 0 unspecified atom stereocenters. The minimum absolute atomic E-state index is 0.495. The molecule has 0 fully saturated rings. The van der Waals surface area contributed by atoms with E-state index in [2.05, 4.69) is 21.1 Å². The van der Waals surface area contributed by atoms with Gasteiger partial charge in [0.15, 0.2) is 0 Å². The monoisotopic (exact) mass is 396 g/mol. The average Bonchev–Trinajstić information content (AvgIpc) is 3.15. The number of benzene rings is 2. The molecule has 4 rings (SSSR count). The summed E-state index contributed by atoms with van der Waals surface area (Å²) in [7, 11) is 1.82. The van der Waals surface area contributed by atoms with Gasteiger partial charge >= 0.3 is 0 Å². The van der Waals surface area contributed by atoms with Crippen molar-refractivity contribution in [2.75, 3.05) is 6.54 Å². The molecule has 0 spiro atoms. The average molecular weight is 396 g/mol. The van der Waals surface area contributed by atoms with E-state index in [-0.39, 0.29) is 0 Å². The van der Waals surface area contributed by atoms with Crippen molar-refractivity contribution in [3.8, 4) is 40.1 Å². The number of aromatic nitrogens is 4. The molecule has 2 heterocycles. The molecule has 7 nitrogen and oxygen atoms in total. The van der Waals surface area contributed by atoms with Crippen molar-refractivity contribution in [2.24, 2.45) is 12.8 Å². The first-order valence-corrected chi connectivity index (χ1v) is 9.51. The zero-order valence-corrected chi connectivity index (χ0v) is 16.5. The Morgan fingerprint density at radius 3 is 2.50 bits per heavy atom. The standard InChI is InChI=1S/C23H20N6O/c1-29-23(12-20(28-29)17-5-3-2-4-6-17)30-21-11-16(13-25)7-8-19(21)18-14-26-22(9-10-24)27-15-18/h2-8,11-12,14-15H,9-10,24H2,1H3. The quantitative estimate of drug-likeness (QED) is 0.533. The topological polar surface area (TPSA) is 103 Å². The maximum Gasteiger partial charge on any atom is 0.218 e. The predicted octanol–water partition coefficient (Wildman–Crippen LogP) is 3.71. The molecule has 30 heavy (non-hydrogen) atoms. The van der Waals surface area contributed by atoms with Crippen molar-refractivity contribution < 1.29 is 4.74 Å². The number of nitrogens with two attached hydrogens (primary N) is 1. The smallest absolute Gasteiger partial charge is 0.218 e. The van der Waals surface area contributed by atoms with Gasteiger partial charge in [-0.15, -0.1) is 0 Å². The van der Waals surface area contributed by atoms with E-state index in [0.29, 0.717) is 36.0 Å². The zero-order chi connectivity index (χ0) is 20.9. The highest BCUT2D eigenvalue weighted by Gasteiger charge is 2.14. The predicted molar refractivity (Wildman–Crippen MR) is 114 cm³/mol. The highest BCUT2D eigenvalue weighted by Crippen LogP contribution is 2.35. The molecule has 0 radical (unpaired) electrons. The van der Waals surface area contributed by atoms with E-state index in [4.69, 9.17) is 10.5 Å². The van der Waals surface area contributed by atoms with Gasteiger partial charge in [-0.1, -0.05) is 30.3 Å². The molecule has 0 atom stereocenters. The Hall–Kier alpha value is -4.02. The van der Waals surface area contributed by atoms with Crippen LogP contribution in [0.5, 0.6) is 11.6 Å². The lowest BCUT2D eigenvalue weighted by Crippen LogP contribution is -2.06. The third-order valence-corrected chi connectivity index (χ3v) is 4.62. The Morgan fingerprint density at radius 2 is 1.80 bits per heavy atom.